The third kappa shape index (κ3) is 3.58. The number of rotatable bonds is 1. The van der Waals surface area contributed by atoms with Crippen molar-refractivity contribution in [3.8, 4) is 0 Å². The fourth-order valence-corrected chi connectivity index (χ4v) is 2.67. The normalized spacial score (nSPS) is 12.9. The van der Waals surface area contributed by atoms with E-state index in [1.54, 1.807) is 27.7 Å². The fourth-order valence-electron chi connectivity index (χ4n) is 2.67. The molecule has 1 aliphatic heterocycles. The minimum atomic E-state index is -0.833. The predicted octanol–water partition coefficient (Wildman–Crippen LogP) is 0.102. The van der Waals surface area contributed by atoms with E-state index in [2.05, 4.69) is 20.1 Å². The molecule has 0 aromatic carbocycles. The molecule has 4 heterocycles. The molecule has 0 radical (unpaired) electrons. The molecule has 10 nitrogen and oxygen atoms in total. The first-order valence-electron chi connectivity index (χ1n) is 7.79. The van der Waals surface area contributed by atoms with Crippen molar-refractivity contribution in [2.24, 2.45) is 0 Å². The van der Waals surface area contributed by atoms with Gasteiger partial charge in [0.15, 0.2) is 5.65 Å². The van der Waals surface area contributed by atoms with Gasteiger partial charge in [-0.05, 0) is 18.6 Å². The molecule has 0 unspecified atom stereocenters. The van der Waals surface area contributed by atoms with Crippen LogP contribution in [0.15, 0.2) is 35.8 Å². The number of hydrogen-bond acceptors (Lipinski definition) is 6. The Bertz CT molecular complexity index is 1020. The first-order chi connectivity index (χ1) is 12.5. The molecule has 0 saturated carbocycles. The van der Waals surface area contributed by atoms with Gasteiger partial charge in [0.25, 0.3) is 17.4 Å². The number of nitrogens with zero attached hydrogens (tertiary/aromatic N) is 5. The minimum Gasteiger partial charge on any atom is -0.481 e. The van der Waals surface area contributed by atoms with Crippen LogP contribution in [0.25, 0.3) is 5.65 Å². The molecule has 1 amide bonds. The Morgan fingerprint density at radius 3 is 2.85 bits per heavy atom. The quantitative estimate of drug-likeness (QED) is 0.631. The van der Waals surface area contributed by atoms with E-state index in [0.717, 1.165) is 6.92 Å². The Hall–Kier alpha value is -3.56. The van der Waals surface area contributed by atoms with Crippen molar-refractivity contribution in [3.63, 3.8) is 0 Å². The van der Waals surface area contributed by atoms with Crippen LogP contribution in [0.2, 0.25) is 0 Å². The lowest BCUT2D eigenvalue weighted by Crippen LogP contribution is -2.38. The van der Waals surface area contributed by atoms with Crippen molar-refractivity contribution < 1.29 is 14.7 Å². The number of nitrogens with one attached hydrogen (secondary N) is 1. The van der Waals surface area contributed by atoms with E-state index < -0.39 is 5.97 Å². The largest absolute Gasteiger partial charge is 0.481 e. The van der Waals surface area contributed by atoms with Crippen molar-refractivity contribution in [1.82, 2.24) is 29.5 Å². The smallest absolute Gasteiger partial charge is 0.300 e. The molecule has 10 heteroatoms. The molecule has 0 atom stereocenters. The number of aromatic amines is 1. The van der Waals surface area contributed by atoms with E-state index in [4.69, 9.17) is 9.90 Å². The van der Waals surface area contributed by atoms with Gasteiger partial charge < -0.3 is 15.0 Å². The van der Waals surface area contributed by atoms with Crippen LogP contribution >= 0.6 is 0 Å². The number of H-pyrrole nitrogens is 1. The molecule has 0 saturated heterocycles. The van der Waals surface area contributed by atoms with E-state index >= 15 is 0 Å². The van der Waals surface area contributed by atoms with E-state index in [1.807, 2.05) is 0 Å². The first-order valence-corrected chi connectivity index (χ1v) is 7.79. The maximum atomic E-state index is 12.6. The molecular weight excluding hydrogens is 340 g/mol. The molecule has 134 valence electrons. The van der Waals surface area contributed by atoms with E-state index in [-0.39, 0.29) is 11.5 Å². The minimum absolute atomic E-state index is 0.0989. The number of amides is 1. The molecule has 0 bridgehead atoms. The second-order valence-electron chi connectivity index (χ2n) is 5.63. The zero-order valence-electron chi connectivity index (χ0n) is 13.9. The predicted molar refractivity (Wildman–Crippen MR) is 89.6 cm³/mol. The topological polar surface area (TPSA) is 134 Å². The van der Waals surface area contributed by atoms with Gasteiger partial charge in [-0.2, -0.15) is 5.10 Å². The Labute approximate surface area is 147 Å². The Balaban J connectivity index is 0.000000447. The highest BCUT2D eigenvalue weighted by Crippen LogP contribution is 2.16. The fraction of sp³-hybridized carbons (Fsp3) is 0.250. The zero-order chi connectivity index (χ0) is 18.7. The SMILES string of the molecule is CC(=O)O.O=C(c1ccn2ncnc2c1)N1CCc2c(nc[nH]c2=O)C1. The zero-order valence-corrected chi connectivity index (χ0v) is 13.9. The molecule has 4 rings (SSSR count). The van der Waals surface area contributed by atoms with Gasteiger partial charge in [-0.3, -0.25) is 14.4 Å². The Morgan fingerprint density at radius 2 is 2.08 bits per heavy atom. The average Bonchev–Trinajstić information content (AvgIpc) is 3.08. The molecule has 0 aliphatic carbocycles. The number of carbonyl (C=O) groups is 2. The lowest BCUT2D eigenvalue weighted by molar-refractivity contribution is -0.134. The number of fused-ring (bicyclic) bond motifs is 2. The van der Waals surface area contributed by atoms with Crippen LogP contribution < -0.4 is 5.56 Å². The number of pyridine rings is 1. The number of carbonyl (C=O) groups excluding carboxylic acids is 1. The lowest BCUT2D eigenvalue weighted by atomic mass is 10.1. The van der Waals surface area contributed by atoms with Crippen LogP contribution in [0.3, 0.4) is 0 Å². The van der Waals surface area contributed by atoms with Gasteiger partial charge in [0.2, 0.25) is 0 Å². The number of carboxylic acid groups (broad SMARTS) is 1. The monoisotopic (exact) mass is 356 g/mol. The molecule has 2 N–H and O–H groups in total. The highest BCUT2D eigenvalue weighted by molar-refractivity contribution is 5.95. The number of aliphatic carboxylic acids is 1. The van der Waals surface area contributed by atoms with E-state index in [0.29, 0.717) is 42.0 Å². The van der Waals surface area contributed by atoms with Gasteiger partial charge in [0, 0.05) is 30.8 Å². The Kier molecular flexibility index (Phi) is 4.74. The van der Waals surface area contributed by atoms with Gasteiger partial charge in [-0.15, -0.1) is 0 Å². The summed E-state index contributed by atoms with van der Waals surface area (Å²) in [5.41, 5.74) is 2.37. The second kappa shape index (κ2) is 7.13. The number of hydrogen-bond donors (Lipinski definition) is 2. The lowest BCUT2D eigenvalue weighted by Gasteiger charge is -2.27. The van der Waals surface area contributed by atoms with Crippen LogP contribution in [-0.4, -0.2) is 53.0 Å². The Morgan fingerprint density at radius 1 is 1.31 bits per heavy atom. The summed E-state index contributed by atoms with van der Waals surface area (Å²) in [6, 6.07) is 3.42. The maximum absolute atomic E-state index is 12.6. The van der Waals surface area contributed by atoms with Crippen LogP contribution in [0.4, 0.5) is 0 Å². The molecular formula is C16H16N6O4. The van der Waals surface area contributed by atoms with Crippen LogP contribution in [0.5, 0.6) is 0 Å². The summed E-state index contributed by atoms with van der Waals surface area (Å²) in [5, 5.41) is 11.4. The summed E-state index contributed by atoms with van der Waals surface area (Å²) in [6.45, 7) is 1.93. The molecule has 3 aromatic heterocycles. The van der Waals surface area contributed by atoms with Crippen molar-refractivity contribution in [3.05, 3.63) is 58.2 Å². The van der Waals surface area contributed by atoms with Gasteiger partial charge in [-0.25, -0.2) is 14.5 Å². The molecule has 26 heavy (non-hydrogen) atoms. The summed E-state index contributed by atoms with van der Waals surface area (Å²) in [4.78, 5) is 45.8. The van der Waals surface area contributed by atoms with E-state index in [1.165, 1.54) is 12.7 Å². The van der Waals surface area contributed by atoms with Gasteiger partial charge >= 0.3 is 0 Å². The van der Waals surface area contributed by atoms with Crippen molar-refractivity contribution in [1.29, 1.82) is 0 Å². The molecule has 3 aromatic rings. The summed E-state index contributed by atoms with van der Waals surface area (Å²) in [7, 11) is 0. The van der Waals surface area contributed by atoms with Crippen LogP contribution in [0.1, 0.15) is 28.5 Å². The third-order valence-corrected chi connectivity index (χ3v) is 3.83. The summed E-state index contributed by atoms with van der Waals surface area (Å²) in [6.07, 6.45) is 5.03. The third-order valence-electron chi connectivity index (χ3n) is 3.83. The summed E-state index contributed by atoms with van der Waals surface area (Å²) in [5.74, 6) is -0.932. The molecule has 0 fully saturated rings. The highest BCUT2D eigenvalue weighted by Gasteiger charge is 2.24. The van der Waals surface area contributed by atoms with Crippen LogP contribution in [-0.2, 0) is 17.8 Å². The number of aromatic nitrogens is 5. The summed E-state index contributed by atoms with van der Waals surface area (Å²) < 4.78 is 1.60. The molecule has 0 spiro atoms. The average molecular weight is 356 g/mol. The van der Waals surface area contributed by atoms with Gasteiger partial charge in [0.1, 0.15) is 6.33 Å². The first kappa shape index (κ1) is 17.3. The van der Waals surface area contributed by atoms with Crippen molar-refractivity contribution in [2.75, 3.05) is 6.54 Å². The maximum Gasteiger partial charge on any atom is 0.300 e. The van der Waals surface area contributed by atoms with Crippen LogP contribution in [0, 0.1) is 0 Å². The van der Waals surface area contributed by atoms with E-state index in [9.17, 15) is 9.59 Å². The second-order valence-corrected chi connectivity index (χ2v) is 5.63. The van der Waals surface area contributed by atoms with Gasteiger partial charge in [0.05, 0.1) is 18.6 Å². The standard InChI is InChI=1S/C14H12N6O2.C2H4O2/c21-13-10-2-3-19(6-11(10)15-7-17-13)14(22)9-1-4-20-12(5-9)16-8-18-20;1-2(3)4/h1,4-5,7-8H,2-3,6H2,(H,15,17,21);1H3,(H,3,4). The van der Waals surface area contributed by atoms with Gasteiger partial charge in [-0.1, -0.05) is 0 Å². The van der Waals surface area contributed by atoms with Crippen molar-refractivity contribution in [2.45, 2.75) is 19.9 Å². The highest BCUT2D eigenvalue weighted by atomic mass is 16.4. The molecule has 1 aliphatic rings. The number of carboxylic acids is 1. The van der Waals surface area contributed by atoms with Crippen molar-refractivity contribution >= 4 is 17.5 Å². The summed E-state index contributed by atoms with van der Waals surface area (Å²) >= 11 is 0.